The van der Waals surface area contributed by atoms with Gasteiger partial charge in [-0.3, -0.25) is 9.59 Å². The third-order valence-electron chi connectivity index (χ3n) is 4.52. The first-order valence-corrected chi connectivity index (χ1v) is 8.51. The highest BCUT2D eigenvalue weighted by atomic mass is 16.3. The van der Waals surface area contributed by atoms with E-state index in [1.54, 1.807) is 0 Å². The Labute approximate surface area is 153 Å². The van der Waals surface area contributed by atoms with Crippen LogP contribution in [0.1, 0.15) is 66.3 Å². The van der Waals surface area contributed by atoms with Gasteiger partial charge in [-0.2, -0.15) is 0 Å². The Hall–Kier alpha value is -2.82. The minimum Gasteiger partial charge on any atom is -0.508 e. The van der Waals surface area contributed by atoms with Crippen molar-refractivity contribution in [3.8, 4) is 11.5 Å². The maximum Gasteiger partial charge on any atom is 0.232 e. The van der Waals surface area contributed by atoms with Crippen LogP contribution in [0.15, 0.2) is 40.7 Å². The van der Waals surface area contributed by atoms with Gasteiger partial charge in [-0.05, 0) is 53.0 Å². The lowest BCUT2D eigenvalue weighted by Crippen LogP contribution is -2.22. The van der Waals surface area contributed by atoms with Gasteiger partial charge in [0.15, 0.2) is 11.5 Å². The second kappa shape index (κ2) is 7.60. The number of aromatic hydroxyl groups is 2. The number of aliphatic hydroxyl groups excluding tert-OH is 1. The molecule has 5 heteroatoms. The Morgan fingerprint density at radius 1 is 1.04 bits per heavy atom. The first kappa shape index (κ1) is 19.5. The van der Waals surface area contributed by atoms with Crippen molar-refractivity contribution in [1.29, 1.82) is 0 Å². The zero-order chi connectivity index (χ0) is 19.6. The van der Waals surface area contributed by atoms with E-state index in [0.29, 0.717) is 0 Å². The summed E-state index contributed by atoms with van der Waals surface area (Å²) in [5.41, 5.74) is 2.01. The van der Waals surface area contributed by atoms with Crippen molar-refractivity contribution in [1.82, 2.24) is 0 Å². The van der Waals surface area contributed by atoms with Gasteiger partial charge in [0.1, 0.15) is 11.5 Å². The van der Waals surface area contributed by atoms with E-state index in [4.69, 9.17) is 0 Å². The molecule has 0 aromatic heterocycles. The van der Waals surface area contributed by atoms with Crippen molar-refractivity contribution in [2.24, 2.45) is 0 Å². The molecule has 0 bridgehead atoms. The van der Waals surface area contributed by atoms with Gasteiger partial charge >= 0.3 is 0 Å². The van der Waals surface area contributed by atoms with Crippen molar-refractivity contribution < 1.29 is 24.9 Å². The van der Waals surface area contributed by atoms with Crippen LogP contribution in [0.4, 0.5) is 0 Å². The van der Waals surface area contributed by atoms with Crippen LogP contribution < -0.4 is 0 Å². The molecule has 1 aromatic carbocycles. The summed E-state index contributed by atoms with van der Waals surface area (Å²) >= 11 is 0. The van der Waals surface area contributed by atoms with E-state index < -0.39 is 23.1 Å². The molecule has 0 saturated heterocycles. The highest BCUT2D eigenvalue weighted by Gasteiger charge is 2.35. The third-order valence-corrected chi connectivity index (χ3v) is 4.52. The summed E-state index contributed by atoms with van der Waals surface area (Å²) in [6, 6.07) is 1.17. The molecular weight excluding hydrogens is 332 g/mol. The molecule has 0 fully saturated rings. The summed E-state index contributed by atoms with van der Waals surface area (Å²) in [6.07, 6.45) is 5.75. The molecule has 138 valence electrons. The molecule has 0 heterocycles. The molecule has 1 aromatic rings. The Kier molecular flexibility index (Phi) is 5.70. The van der Waals surface area contributed by atoms with E-state index in [2.05, 4.69) is 6.08 Å². The number of allylic oxidation sites excluding steroid dienone is 6. The van der Waals surface area contributed by atoms with Crippen LogP contribution in [-0.4, -0.2) is 26.9 Å². The largest absolute Gasteiger partial charge is 0.508 e. The number of carbonyl (C=O) groups is 2. The Morgan fingerprint density at radius 3 is 2.31 bits per heavy atom. The Balaban J connectivity index is 2.32. The van der Waals surface area contributed by atoms with Crippen LogP contribution >= 0.6 is 0 Å². The minimum atomic E-state index is -0.800. The van der Waals surface area contributed by atoms with Crippen LogP contribution in [0.25, 0.3) is 0 Å². The maximum absolute atomic E-state index is 12.7. The summed E-state index contributed by atoms with van der Waals surface area (Å²) in [6.45, 7) is 7.41. The third kappa shape index (κ3) is 3.72. The number of hydrogen-bond acceptors (Lipinski definition) is 5. The van der Waals surface area contributed by atoms with Crippen molar-refractivity contribution >= 4 is 11.6 Å². The number of phenols is 2. The molecule has 0 aliphatic heterocycles. The summed E-state index contributed by atoms with van der Waals surface area (Å²) in [5, 5.41) is 30.1. The topological polar surface area (TPSA) is 94.8 Å². The first-order chi connectivity index (χ1) is 12.1. The number of ketones is 2. The maximum atomic E-state index is 12.7. The number of Topliss-reactive ketones (excluding diaryl/α,β-unsaturated/α-hetero) is 2. The average molecular weight is 356 g/mol. The number of phenolic OH excluding ortho intramolecular Hbond substituents is 2. The predicted octanol–water partition coefficient (Wildman–Crippen LogP) is 4.68. The van der Waals surface area contributed by atoms with Crippen LogP contribution in [0.3, 0.4) is 0 Å². The van der Waals surface area contributed by atoms with E-state index in [1.165, 1.54) is 18.6 Å². The minimum absolute atomic E-state index is 0.0216. The number of rotatable bonds is 5. The molecule has 0 unspecified atom stereocenters. The lowest BCUT2D eigenvalue weighted by Gasteiger charge is -2.19. The highest BCUT2D eigenvalue weighted by molar-refractivity contribution is 6.27. The van der Waals surface area contributed by atoms with Gasteiger partial charge in [0.2, 0.25) is 5.78 Å². The first-order valence-electron chi connectivity index (χ1n) is 8.51. The number of fused-ring (bicyclic) bond motifs is 1. The molecule has 1 aliphatic carbocycles. The van der Waals surface area contributed by atoms with E-state index in [1.807, 2.05) is 26.8 Å². The van der Waals surface area contributed by atoms with Gasteiger partial charge in [0.05, 0.1) is 5.56 Å². The summed E-state index contributed by atoms with van der Waals surface area (Å²) < 4.78 is 0. The monoisotopic (exact) mass is 356 g/mol. The van der Waals surface area contributed by atoms with Crippen molar-refractivity contribution in [3.63, 3.8) is 0 Å². The molecule has 2 rings (SSSR count). The van der Waals surface area contributed by atoms with E-state index >= 15 is 0 Å². The number of carbonyl (C=O) groups excluding carboxylic acids is 2. The fourth-order valence-electron chi connectivity index (χ4n) is 2.84. The van der Waals surface area contributed by atoms with Crippen LogP contribution in [0.5, 0.6) is 11.5 Å². The van der Waals surface area contributed by atoms with Crippen molar-refractivity contribution in [2.45, 2.75) is 47.0 Å². The summed E-state index contributed by atoms with van der Waals surface area (Å²) in [7, 11) is 0. The predicted molar refractivity (Wildman–Crippen MR) is 99.9 cm³/mol. The molecule has 3 N–H and O–H groups in total. The lowest BCUT2D eigenvalue weighted by atomic mass is 9.84. The van der Waals surface area contributed by atoms with Crippen molar-refractivity contribution in [3.05, 3.63) is 57.4 Å². The molecule has 0 amide bonds. The van der Waals surface area contributed by atoms with Gasteiger partial charge < -0.3 is 15.3 Å². The van der Waals surface area contributed by atoms with Gasteiger partial charge in [-0.25, -0.2) is 0 Å². The average Bonchev–Trinajstić information content (AvgIpc) is 2.57. The van der Waals surface area contributed by atoms with Crippen LogP contribution in [-0.2, 0) is 0 Å². The summed E-state index contributed by atoms with van der Waals surface area (Å²) in [5.74, 6) is -2.74. The van der Waals surface area contributed by atoms with E-state index in [0.717, 1.165) is 18.4 Å². The molecule has 0 atom stereocenters. The van der Waals surface area contributed by atoms with Crippen LogP contribution in [0.2, 0.25) is 0 Å². The zero-order valence-corrected chi connectivity index (χ0v) is 15.5. The smallest absolute Gasteiger partial charge is 0.232 e. The quantitative estimate of drug-likeness (QED) is 0.666. The zero-order valence-electron chi connectivity index (χ0n) is 15.5. The molecule has 0 saturated carbocycles. The Bertz CT molecular complexity index is 865. The molecule has 5 nitrogen and oxygen atoms in total. The normalized spacial score (nSPS) is 14.5. The standard InChI is InChI=1S/C21H24O5/c1-11(2)6-5-7-12(3)8-9-14-19(24)15-10-16(22)13(4)18(23)17(15)21(26)20(14)25/h6,8,10,22-23,25H,5,7,9H2,1-4H3. The number of benzene rings is 1. The van der Waals surface area contributed by atoms with Gasteiger partial charge in [0.25, 0.3) is 0 Å². The Morgan fingerprint density at radius 2 is 1.69 bits per heavy atom. The second-order valence-corrected chi connectivity index (χ2v) is 6.85. The SMILES string of the molecule is CC(C)=CCCC(C)=CCC1=C(O)C(=O)c2c(cc(O)c(C)c2O)C1=O. The van der Waals surface area contributed by atoms with Gasteiger partial charge in [0, 0.05) is 16.7 Å². The lowest BCUT2D eigenvalue weighted by molar-refractivity contribution is 0.0924. The van der Waals surface area contributed by atoms with E-state index in [-0.39, 0.29) is 34.4 Å². The summed E-state index contributed by atoms with van der Waals surface area (Å²) in [4.78, 5) is 25.1. The van der Waals surface area contributed by atoms with E-state index in [9.17, 15) is 24.9 Å². The molecular formula is C21H24O5. The highest BCUT2D eigenvalue weighted by Crippen LogP contribution is 2.38. The fourth-order valence-corrected chi connectivity index (χ4v) is 2.84. The molecule has 26 heavy (non-hydrogen) atoms. The second-order valence-electron chi connectivity index (χ2n) is 6.85. The molecule has 0 radical (unpaired) electrons. The molecule has 1 aliphatic rings. The van der Waals surface area contributed by atoms with Gasteiger partial charge in [-0.15, -0.1) is 0 Å². The fraction of sp³-hybridized carbons (Fsp3) is 0.333. The number of hydrogen-bond donors (Lipinski definition) is 3. The van der Waals surface area contributed by atoms with Gasteiger partial charge in [-0.1, -0.05) is 23.3 Å². The number of aliphatic hydroxyl groups is 1. The van der Waals surface area contributed by atoms with Crippen molar-refractivity contribution in [2.75, 3.05) is 0 Å². The molecule has 0 spiro atoms. The van der Waals surface area contributed by atoms with Crippen LogP contribution in [0, 0.1) is 6.92 Å².